The number of para-hydroxylation sites is 2. The first kappa shape index (κ1) is 56.2. The maximum atomic E-state index is 13.5. The zero-order valence-electron chi connectivity index (χ0n) is 43.4. The molecule has 0 aliphatic heterocycles. The quantitative estimate of drug-likeness (QED) is 0.0330. The normalized spacial score (nSPS) is 13.0. The Balaban J connectivity index is 0.000000272. The highest BCUT2D eigenvalue weighted by Crippen LogP contribution is 2.33. The molecule has 0 bridgehead atoms. The van der Waals surface area contributed by atoms with Crippen molar-refractivity contribution in [3.63, 3.8) is 0 Å². The molecule has 7 N–H and O–H groups in total. The van der Waals surface area contributed by atoms with E-state index in [2.05, 4.69) is 20.9 Å². The van der Waals surface area contributed by atoms with Crippen LogP contribution >= 0.6 is 0 Å². The summed E-state index contributed by atoms with van der Waals surface area (Å²) in [6, 6.07) is 13.8. The van der Waals surface area contributed by atoms with Crippen molar-refractivity contribution in [2.75, 3.05) is 50.3 Å². The number of ether oxygens (including phenoxy) is 4. The molecule has 2 aromatic carbocycles. The molecule has 2 atom stereocenters. The second kappa shape index (κ2) is 25.6. The Morgan fingerprint density at radius 2 is 1.07 bits per heavy atom. The highest BCUT2D eigenvalue weighted by atomic mass is 16.5. The predicted octanol–water partition coefficient (Wildman–Crippen LogP) is 6.62. The lowest BCUT2D eigenvalue weighted by atomic mass is 10.0. The first-order valence-corrected chi connectivity index (χ1v) is 24.6. The average Bonchev–Trinajstić information content (AvgIpc) is 3.83. The van der Waals surface area contributed by atoms with Gasteiger partial charge in [0.05, 0.1) is 65.6 Å². The summed E-state index contributed by atoms with van der Waals surface area (Å²) in [4.78, 5) is 57.8. The molecule has 0 unspecified atom stereocenters. The first-order valence-electron chi connectivity index (χ1n) is 24.6. The summed E-state index contributed by atoms with van der Waals surface area (Å²) in [6.07, 6.45) is 1.00. The number of hydrogen-bond donors (Lipinski definition) is 6. The molecule has 0 saturated heterocycles. The Morgan fingerprint density at radius 1 is 0.634 bits per heavy atom. The third-order valence-electron chi connectivity index (χ3n) is 11.0. The van der Waals surface area contributed by atoms with Gasteiger partial charge >= 0.3 is 0 Å². The molecule has 0 aliphatic carbocycles. The number of nitrogens with two attached hydrogens (primary N) is 1. The molecule has 3 amide bonds. The summed E-state index contributed by atoms with van der Waals surface area (Å²) in [5.74, 6) is 1.29. The standard InChI is InChI=1S/C29H43N5O6.C23H33N5O3/c1-7-38-13-14-40-17-24(35)30-22(15-19(3)4)28(36)33-27-25-26(20-11-9-10-12-21(20)31-27)34(18-29(5,6)37)23(32-25)16-39-8-2;1-6-31-12-18-26-19-20(28(18)13-23(4,5)30)15-9-7-8-10-17(15)25-21(19)27-22(29)16(24)11-14(2)3/h9-12,19,22,37H,7-8,13-18H2,1-6H3,(H,30,35)(H,31,33,36);7-10,14,16,30H,6,11-13,24H2,1-5H3,(H,25,27,29)/t22-;16-/m00/s1. The second-order valence-corrected chi connectivity index (χ2v) is 19.7. The fourth-order valence-electron chi connectivity index (χ4n) is 8.05. The van der Waals surface area contributed by atoms with Gasteiger partial charge in [-0.3, -0.25) is 14.4 Å². The lowest BCUT2D eigenvalue weighted by molar-refractivity contribution is -0.130. The molecule has 388 valence electrons. The lowest BCUT2D eigenvalue weighted by Crippen LogP contribution is -2.46. The van der Waals surface area contributed by atoms with Gasteiger partial charge in [0.15, 0.2) is 11.6 Å². The van der Waals surface area contributed by atoms with Gasteiger partial charge < -0.3 is 60.0 Å². The summed E-state index contributed by atoms with van der Waals surface area (Å²) in [5.41, 5.74) is 8.06. The highest BCUT2D eigenvalue weighted by molar-refractivity contribution is 6.11. The van der Waals surface area contributed by atoms with E-state index in [-0.39, 0.29) is 49.9 Å². The van der Waals surface area contributed by atoms with Gasteiger partial charge in [-0.15, -0.1) is 0 Å². The van der Waals surface area contributed by atoms with E-state index in [1.165, 1.54) is 0 Å². The van der Waals surface area contributed by atoms with E-state index in [1.807, 2.05) is 106 Å². The maximum Gasteiger partial charge on any atom is 0.248 e. The van der Waals surface area contributed by atoms with E-state index >= 15 is 0 Å². The lowest BCUT2D eigenvalue weighted by Gasteiger charge is -2.21. The van der Waals surface area contributed by atoms with Crippen LogP contribution in [0.15, 0.2) is 48.5 Å². The Labute approximate surface area is 416 Å². The molecular formula is C52H76N10O9. The van der Waals surface area contributed by atoms with Crippen LogP contribution in [0, 0.1) is 11.8 Å². The molecule has 4 heterocycles. The molecule has 71 heavy (non-hydrogen) atoms. The number of rotatable bonds is 25. The summed E-state index contributed by atoms with van der Waals surface area (Å²) < 4.78 is 25.8. The number of aliphatic hydroxyl groups is 2. The third-order valence-corrected chi connectivity index (χ3v) is 11.0. The van der Waals surface area contributed by atoms with Crippen molar-refractivity contribution in [1.29, 1.82) is 0 Å². The number of imidazole rings is 2. The first-order chi connectivity index (χ1) is 33.6. The molecule has 0 spiro atoms. The van der Waals surface area contributed by atoms with Gasteiger partial charge in [-0.25, -0.2) is 19.9 Å². The van der Waals surface area contributed by atoms with Crippen LogP contribution in [-0.4, -0.2) is 120 Å². The van der Waals surface area contributed by atoms with E-state index in [0.717, 1.165) is 27.3 Å². The Hall–Kier alpha value is -5.67. The monoisotopic (exact) mass is 985 g/mol. The number of benzene rings is 2. The van der Waals surface area contributed by atoms with Gasteiger partial charge in [-0.2, -0.15) is 0 Å². The number of carbonyl (C=O) groups excluding carboxylic acids is 3. The molecule has 0 fully saturated rings. The summed E-state index contributed by atoms with van der Waals surface area (Å²) in [5, 5.41) is 31.6. The largest absolute Gasteiger partial charge is 0.389 e. The second-order valence-electron chi connectivity index (χ2n) is 19.7. The molecule has 0 saturated carbocycles. The van der Waals surface area contributed by atoms with Crippen LogP contribution in [0.2, 0.25) is 0 Å². The number of pyridine rings is 2. The molecule has 19 heteroatoms. The minimum absolute atomic E-state index is 0.142. The maximum absolute atomic E-state index is 13.5. The SMILES string of the molecule is CCOCCOCC(=O)N[C@@H](CC(C)C)C(=O)Nc1nc2ccccc2c2c1nc(COCC)n2CC(C)(C)O.CCOCc1nc2c(NC(=O)[C@@H](N)CC(C)C)nc3ccccc3c2n1CC(C)(C)O. The number of aromatic nitrogens is 6. The Kier molecular flexibility index (Phi) is 20.3. The molecule has 19 nitrogen and oxygen atoms in total. The summed E-state index contributed by atoms with van der Waals surface area (Å²) in [6.45, 7) is 23.9. The number of carbonyl (C=O) groups is 3. The number of hydrogen-bond acceptors (Lipinski definition) is 14. The van der Waals surface area contributed by atoms with Gasteiger partial charge in [0.2, 0.25) is 17.7 Å². The fraction of sp³-hybridized carbons (Fsp3) is 0.558. The van der Waals surface area contributed by atoms with Crippen LogP contribution in [0.5, 0.6) is 0 Å². The van der Waals surface area contributed by atoms with Gasteiger partial charge in [-0.1, -0.05) is 64.1 Å². The number of nitrogens with one attached hydrogen (secondary N) is 3. The minimum atomic E-state index is -1.03. The van der Waals surface area contributed by atoms with Gasteiger partial charge in [0.25, 0.3) is 0 Å². The smallest absolute Gasteiger partial charge is 0.248 e. The Morgan fingerprint density at radius 3 is 1.51 bits per heavy atom. The third kappa shape index (κ3) is 15.9. The topological polar surface area (TPSA) is 252 Å². The van der Waals surface area contributed by atoms with Gasteiger partial charge in [0, 0.05) is 30.6 Å². The summed E-state index contributed by atoms with van der Waals surface area (Å²) >= 11 is 0. The van der Waals surface area contributed by atoms with E-state index in [0.29, 0.717) is 92.4 Å². The van der Waals surface area contributed by atoms with Crippen molar-refractivity contribution in [2.45, 2.75) is 139 Å². The summed E-state index contributed by atoms with van der Waals surface area (Å²) in [7, 11) is 0. The van der Waals surface area contributed by atoms with Crippen LogP contribution in [0.3, 0.4) is 0 Å². The van der Waals surface area contributed by atoms with Crippen LogP contribution < -0.4 is 21.7 Å². The molecule has 4 aromatic heterocycles. The van der Waals surface area contributed by atoms with E-state index in [9.17, 15) is 24.6 Å². The van der Waals surface area contributed by atoms with Crippen molar-refractivity contribution < 1.29 is 43.5 Å². The van der Waals surface area contributed by atoms with Gasteiger partial charge in [0.1, 0.15) is 48.5 Å². The van der Waals surface area contributed by atoms with Crippen LogP contribution in [-0.2, 0) is 59.6 Å². The molecule has 6 rings (SSSR count). The van der Waals surface area contributed by atoms with Crippen molar-refractivity contribution >= 4 is 73.2 Å². The zero-order chi connectivity index (χ0) is 52.0. The van der Waals surface area contributed by atoms with E-state index < -0.39 is 29.2 Å². The molecular weight excluding hydrogens is 909 g/mol. The molecule has 6 aromatic rings. The van der Waals surface area contributed by atoms with Crippen LogP contribution in [0.1, 0.15) is 101 Å². The van der Waals surface area contributed by atoms with Crippen molar-refractivity contribution in [3.8, 4) is 0 Å². The van der Waals surface area contributed by atoms with Crippen LogP contribution in [0.4, 0.5) is 11.6 Å². The Bertz CT molecular complexity index is 2720. The molecule has 0 aliphatic rings. The predicted molar refractivity (Wildman–Crippen MR) is 277 cm³/mol. The minimum Gasteiger partial charge on any atom is -0.389 e. The van der Waals surface area contributed by atoms with E-state index in [4.69, 9.17) is 39.6 Å². The van der Waals surface area contributed by atoms with Gasteiger partial charge in [-0.05, 0) is 85.3 Å². The zero-order valence-corrected chi connectivity index (χ0v) is 43.4. The number of anilines is 2. The fourth-order valence-corrected chi connectivity index (χ4v) is 8.05. The average molecular weight is 985 g/mol. The van der Waals surface area contributed by atoms with Crippen molar-refractivity contribution in [3.05, 3.63) is 60.2 Å². The highest BCUT2D eigenvalue weighted by Gasteiger charge is 2.28. The number of nitrogens with zero attached hydrogens (tertiary/aromatic N) is 6. The van der Waals surface area contributed by atoms with Crippen LogP contribution in [0.25, 0.3) is 43.9 Å². The van der Waals surface area contributed by atoms with Crippen molar-refractivity contribution in [1.82, 2.24) is 34.4 Å². The van der Waals surface area contributed by atoms with E-state index in [1.54, 1.807) is 27.7 Å². The number of amides is 3. The number of fused-ring (bicyclic) bond motifs is 6. The molecule has 0 radical (unpaired) electrons. The van der Waals surface area contributed by atoms with Crippen molar-refractivity contribution in [2.24, 2.45) is 17.6 Å².